The normalized spacial score (nSPS) is 11.7. The topological polar surface area (TPSA) is 78.6 Å². The summed E-state index contributed by atoms with van der Waals surface area (Å²) in [6.45, 7) is 3.69. The van der Waals surface area contributed by atoms with Crippen molar-refractivity contribution in [1.29, 1.82) is 0 Å². The molecule has 0 aromatic heterocycles. The number of benzene rings is 1. The van der Waals surface area contributed by atoms with Crippen LogP contribution in [0.15, 0.2) is 18.2 Å². The van der Waals surface area contributed by atoms with Crippen molar-refractivity contribution < 1.29 is 14.3 Å². The summed E-state index contributed by atoms with van der Waals surface area (Å²) in [4.78, 5) is 13.6. The number of nitrogen functional groups attached to an aromatic ring is 1. The number of likely N-dealkylation sites (N-methyl/N-ethyl adjacent to an activating group) is 1. The van der Waals surface area contributed by atoms with Gasteiger partial charge in [0.15, 0.2) is 0 Å². The maximum absolute atomic E-state index is 12.9. The van der Waals surface area contributed by atoms with Gasteiger partial charge >= 0.3 is 0 Å². The Hall–Kier alpha value is -1.66. The summed E-state index contributed by atoms with van der Waals surface area (Å²) in [6, 6.07) is 3.80. The zero-order valence-electron chi connectivity index (χ0n) is 11.4. The summed E-state index contributed by atoms with van der Waals surface area (Å²) in [5.74, 6) is -0.726. The fourth-order valence-corrected chi connectivity index (χ4v) is 1.39. The first-order valence-corrected chi connectivity index (χ1v) is 5.93. The number of hydrogen-bond donors (Lipinski definition) is 3. The number of aliphatic hydroxyl groups excluding tert-OH is 1. The number of nitrogens with one attached hydrogen (secondary N) is 1. The Balaban J connectivity index is 2.65. The van der Waals surface area contributed by atoms with Crippen LogP contribution in [-0.2, 0) is 4.79 Å². The average Bonchev–Trinajstić information content (AvgIpc) is 2.32. The molecule has 106 valence electrons. The largest absolute Gasteiger partial charge is 0.397 e. The second-order valence-corrected chi connectivity index (χ2v) is 5.11. The van der Waals surface area contributed by atoms with Gasteiger partial charge in [0, 0.05) is 5.54 Å². The molecule has 0 unspecified atom stereocenters. The third kappa shape index (κ3) is 4.18. The Bertz CT molecular complexity index is 463. The zero-order chi connectivity index (χ0) is 14.6. The van der Waals surface area contributed by atoms with Gasteiger partial charge in [-0.25, -0.2) is 4.39 Å². The minimum absolute atomic E-state index is 0.0601. The quantitative estimate of drug-likeness (QED) is 0.698. The molecule has 0 atom stereocenters. The van der Waals surface area contributed by atoms with Gasteiger partial charge in [-0.2, -0.15) is 0 Å². The van der Waals surface area contributed by atoms with Gasteiger partial charge in [0.25, 0.3) is 0 Å². The Morgan fingerprint density at radius 2 is 2.16 bits per heavy atom. The molecule has 0 saturated carbocycles. The van der Waals surface area contributed by atoms with Crippen LogP contribution in [0.4, 0.5) is 15.8 Å². The van der Waals surface area contributed by atoms with Crippen LogP contribution >= 0.6 is 0 Å². The number of carbonyl (C=O) groups is 1. The van der Waals surface area contributed by atoms with Gasteiger partial charge in [-0.15, -0.1) is 0 Å². The number of halogens is 1. The highest BCUT2D eigenvalue weighted by atomic mass is 19.1. The van der Waals surface area contributed by atoms with Gasteiger partial charge in [0.2, 0.25) is 5.91 Å². The van der Waals surface area contributed by atoms with Gasteiger partial charge in [-0.3, -0.25) is 9.69 Å². The Kier molecular flexibility index (Phi) is 4.85. The minimum atomic E-state index is -0.494. The summed E-state index contributed by atoms with van der Waals surface area (Å²) in [6.07, 6.45) is 0. The molecule has 1 aromatic carbocycles. The molecule has 0 heterocycles. The van der Waals surface area contributed by atoms with Gasteiger partial charge in [0.1, 0.15) is 5.82 Å². The van der Waals surface area contributed by atoms with E-state index in [0.29, 0.717) is 5.69 Å². The van der Waals surface area contributed by atoms with Crippen LogP contribution in [-0.4, -0.2) is 41.7 Å². The smallest absolute Gasteiger partial charge is 0.238 e. The molecule has 0 aliphatic rings. The molecule has 0 aliphatic carbocycles. The van der Waals surface area contributed by atoms with E-state index < -0.39 is 11.4 Å². The molecule has 19 heavy (non-hydrogen) atoms. The Morgan fingerprint density at radius 3 is 2.68 bits per heavy atom. The van der Waals surface area contributed by atoms with Crippen molar-refractivity contribution in [1.82, 2.24) is 4.90 Å². The highest BCUT2D eigenvalue weighted by Crippen LogP contribution is 2.19. The van der Waals surface area contributed by atoms with E-state index in [2.05, 4.69) is 5.32 Å². The van der Waals surface area contributed by atoms with Crippen LogP contribution in [0, 0.1) is 5.82 Å². The highest BCUT2D eigenvalue weighted by molar-refractivity contribution is 5.95. The number of hydrogen-bond acceptors (Lipinski definition) is 4. The SMILES string of the molecule is CN(CC(=O)Nc1ccc(F)cc1N)C(C)(C)CO. The summed E-state index contributed by atoms with van der Waals surface area (Å²) in [7, 11) is 1.74. The van der Waals surface area contributed by atoms with E-state index in [0.717, 1.165) is 6.07 Å². The molecule has 1 rings (SSSR count). The number of aliphatic hydroxyl groups is 1. The maximum Gasteiger partial charge on any atom is 0.238 e. The van der Waals surface area contributed by atoms with Crippen LogP contribution in [0.1, 0.15) is 13.8 Å². The fourth-order valence-electron chi connectivity index (χ4n) is 1.39. The predicted octanol–water partition coefficient (Wildman–Crippen LogP) is 1.05. The van der Waals surface area contributed by atoms with Crippen molar-refractivity contribution in [2.24, 2.45) is 0 Å². The lowest BCUT2D eigenvalue weighted by Gasteiger charge is -2.33. The molecule has 0 aliphatic heterocycles. The van der Waals surface area contributed by atoms with Crippen LogP contribution in [0.3, 0.4) is 0 Å². The van der Waals surface area contributed by atoms with Crippen LogP contribution in [0.2, 0.25) is 0 Å². The molecule has 1 aromatic rings. The third-order valence-corrected chi connectivity index (χ3v) is 3.09. The van der Waals surface area contributed by atoms with Crippen molar-refractivity contribution >= 4 is 17.3 Å². The molecular formula is C13H20FN3O2. The van der Waals surface area contributed by atoms with Gasteiger partial charge in [0.05, 0.1) is 24.5 Å². The van der Waals surface area contributed by atoms with E-state index in [-0.39, 0.29) is 24.7 Å². The van der Waals surface area contributed by atoms with Crippen LogP contribution in [0.5, 0.6) is 0 Å². The second-order valence-electron chi connectivity index (χ2n) is 5.11. The highest BCUT2D eigenvalue weighted by Gasteiger charge is 2.24. The van der Waals surface area contributed by atoms with E-state index in [1.807, 2.05) is 13.8 Å². The number of amides is 1. The van der Waals surface area contributed by atoms with E-state index in [9.17, 15) is 14.3 Å². The van der Waals surface area contributed by atoms with Gasteiger partial charge in [-0.05, 0) is 39.1 Å². The standard InChI is InChI=1S/C13H20FN3O2/c1-13(2,8-18)17(3)7-12(19)16-11-5-4-9(14)6-10(11)15/h4-6,18H,7-8,15H2,1-3H3,(H,16,19). The molecule has 5 nitrogen and oxygen atoms in total. The lowest BCUT2D eigenvalue weighted by molar-refractivity contribution is -0.118. The van der Waals surface area contributed by atoms with Crippen molar-refractivity contribution in [3.05, 3.63) is 24.0 Å². The first-order valence-electron chi connectivity index (χ1n) is 5.93. The fraction of sp³-hybridized carbons (Fsp3) is 0.462. The molecule has 1 amide bonds. The number of anilines is 2. The minimum Gasteiger partial charge on any atom is -0.397 e. The molecule has 4 N–H and O–H groups in total. The molecule has 0 bridgehead atoms. The zero-order valence-corrected chi connectivity index (χ0v) is 11.4. The van der Waals surface area contributed by atoms with E-state index in [1.54, 1.807) is 11.9 Å². The number of carbonyl (C=O) groups excluding carboxylic acids is 1. The summed E-state index contributed by atoms with van der Waals surface area (Å²) >= 11 is 0. The van der Waals surface area contributed by atoms with Crippen LogP contribution < -0.4 is 11.1 Å². The lowest BCUT2D eigenvalue weighted by Crippen LogP contribution is -2.47. The van der Waals surface area contributed by atoms with E-state index >= 15 is 0 Å². The number of rotatable bonds is 5. The Morgan fingerprint density at radius 1 is 1.53 bits per heavy atom. The summed E-state index contributed by atoms with van der Waals surface area (Å²) < 4.78 is 12.9. The molecule has 6 heteroatoms. The van der Waals surface area contributed by atoms with Crippen molar-refractivity contribution in [3.8, 4) is 0 Å². The van der Waals surface area contributed by atoms with Gasteiger partial charge < -0.3 is 16.2 Å². The second kappa shape index (κ2) is 5.99. The van der Waals surface area contributed by atoms with Crippen molar-refractivity contribution in [2.45, 2.75) is 19.4 Å². The summed E-state index contributed by atoms with van der Waals surface area (Å²) in [5.41, 5.74) is 5.66. The first-order chi connectivity index (χ1) is 8.76. The van der Waals surface area contributed by atoms with E-state index in [1.165, 1.54) is 12.1 Å². The van der Waals surface area contributed by atoms with Gasteiger partial charge in [-0.1, -0.05) is 0 Å². The Labute approximate surface area is 112 Å². The first kappa shape index (κ1) is 15.4. The van der Waals surface area contributed by atoms with Crippen molar-refractivity contribution in [2.75, 3.05) is 31.2 Å². The monoisotopic (exact) mass is 269 g/mol. The molecule has 0 saturated heterocycles. The van der Waals surface area contributed by atoms with E-state index in [4.69, 9.17) is 5.73 Å². The third-order valence-electron chi connectivity index (χ3n) is 3.09. The molecule has 0 radical (unpaired) electrons. The molecular weight excluding hydrogens is 249 g/mol. The number of nitrogens with zero attached hydrogens (tertiary/aromatic N) is 1. The summed E-state index contributed by atoms with van der Waals surface area (Å²) in [5, 5.41) is 11.8. The predicted molar refractivity (Wildman–Crippen MR) is 73.2 cm³/mol. The average molecular weight is 269 g/mol. The van der Waals surface area contributed by atoms with Crippen LogP contribution in [0.25, 0.3) is 0 Å². The lowest BCUT2D eigenvalue weighted by atomic mass is 10.1. The maximum atomic E-state index is 12.9. The molecule has 0 spiro atoms. The molecule has 0 fully saturated rings. The van der Waals surface area contributed by atoms with Crippen molar-refractivity contribution in [3.63, 3.8) is 0 Å². The number of nitrogens with two attached hydrogens (primary N) is 1.